The van der Waals surface area contributed by atoms with E-state index in [1.165, 1.54) is 19.3 Å². The largest absolute Gasteiger partial charge is 0.0625 e. The maximum atomic E-state index is 3.01. The Kier molecular flexibility index (Phi) is 8.79. The first-order valence-electron chi connectivity index (χ1n) is 26.7. The maximum absolute atomic E-state index is 3.01. The van der Waals surface area contributed by atoms with Gasteiger partial charge in [0, 0.05) is 0 Å². The Hall–Kier alpha value is 0. The van der Waals surface area contributed by atoms with Gasteiger partial charge in [-0.1, -0.05) is 110 Å². The normalized spacial score (nSPS) is 62.0. The lowest BCUT2D eigenvalue weighted by atomic mass is 9.25. The van der Waals surface area contributed by atoms with Gasteiger partial charge in [-0.25, -0.2) is 0 Å². The van der Waals surface area contributed by atoms with Gasteiger partial charge in [-0.2, -0.15) is 0 Å². The zero-order valence-corrected chi connectivity index (χ0v) is 40.3. The summed E-state index contributed by atoms with van der Waals surface area (Å²) in [4.78, 5) is 0. The van der Waals surface area contributed by atoms with Crippen LogP contribution in [0.3, 0.4) is 0 Å². The molecule has 0 heteroatoms. The molecular weight excluding hydrogens is 685 g/mol. The third-order valence-electron chi connectivity index (χ3n) is 25.4. The monoisotopic (exact) mass is 779 g/mol. The molecule has 0 amide bonds. The van der Waals surface area contributed by atoms with Gasteiger partial charge in [-0.3, -0.25) is 0 Å². The van der Waals surface area contributed by atoms with E-state index >= 15 is 0 Å². The molecule has 0 aromatic carbocycles. The van der Waals surface area contributed by atoms with Crippen molar-refractivity contribution in [3.63, 3.8) is 0 Å². The second-order valence-electron chi connectivity index (χ2n) is 29.4. The smallest absolute Gasteiger partial charge is 0.0165 e. The zero-order chi connectivity index (χ0) is 40.3. The SMILES string of the molecule is CC1CC2CC3CC(C)CC4C3C3C2C(C1)C(C)(C)C1CC(C)C2CC5CC(C(C)(C)C)CC6C7CC(CC8CCC(C)C(C)C8)(C(C)(C)C)C(C)C7C4(C56)C2C31. The summed E-state index contributed by atoms with van der Waals surface area (Å²) in [6, 6.07) is 0. The highest BCUT2D eigenvalue weighted by Gasteiger charge is 2.83. The van der Waals surface area contributed by atoms with Gasteiger partial charge in [-0.15, -0.1) is 0 Å². The average Bonchev–Trinajstić information content (AvgIpc) is 3.57. The summed E-state index contributed by atoms with van der Waals surface area (Å²) in [5.74, 6) is 23.9. The van der Waals surface area contributed by atoms with E-state index in [0.717, 1.165) is 142 Å². The van der Waals surface area contributed by atoms with Crippen LogP contribution in [-0.2, 0) is 0 Å². The minimum absolute atomic E-state index is 0.375. The summed E-state index contributed by atoms with van der Waals surface area (Å²) >= 11 is 0. The average molecular weight is 779 g/mol. The zero-order valence-electron chi connectivity index (χ0n) is 40.3. The summed E-state index contributed by atoms with van der Waals surface area (Å²) in [5, 5.41) is 0. The van der Waals surface area contributed by atoms with E-state index < -0.39 is 0 Å². The number of fused-ring (bicyclic) bond motifs is 2. The molecule has 1 spiro atoms. The quantitative estimate of drug-likeness (QED) is 0.262. The highest BCUT2D eigenvalue weighted by atomic mass is 14.9. The molecule has 0 bridgehead atoms. The molecule has 26 unspecified atom stereocenters. The molecule has 11 aliphatic rings. The van der Waals surface area contributed by atoms with E-state index in [4.69, 9.17) is 0 Å². The standard InChI is InChI=1S/C57H94/c1-29-17-36-23-37-18-30(2)20-45-47(37)49-46(36)43(19-29)55(13,14)44-22-33(5)40-25-38-24-39(53(7,8)9)26-41-42-28-56(54(10,11)12,27-35-16-15-31(3)32(4)21-35)34(6)50(42)57(45,51(38)41)52(40)48(44)49/h29-52H,15-28H2,1-14H3. The van der Waals surface area contributed by atoms with Gasteiger partial charge >= 0.3 is 0 Å². The fraction of sp³-hybridized carbons (Fsp3) is 1.00. The van der Waals surface area contributed by atoms with Crippen LogP contribution in [0.4, 0.5) is 0 Å². The fourth-order valence-corrected chi connectivity index (χ4v) is 23.8. The number of rotatable bonds is 2. The van der Waals surface area contributed by atoms with E-state index in [2.05, 4.69) is 96.9 Å². The molecule has 0 aliphatic heterocycles. The third-order valence-corrected chi connectivity index (χ3v) is 25.4. The van der Waals surface area contributed by atoms with Gasteiger partial charge in [0.2, 0.25) is 0 Å². The van der Waals surface area contributed by atoms with Crippen LogP contribution in [0.25, 0.3) is 0 Å². The molecule has 11 aliphatic carbocycles. The molecule has 0 radical (unpaired) electrons. The van der Waals surface area contributed by atoms with E-state index in [1.54, 1.807) is 70.6 Å². The van der Waals surface area contributed by atoms with Crippen molar-refractivity contribution in [2.75, 3.05) is 0 Å². The van der Waals surface area contributed by atoms with E-state index in [0.29, 0.717) is 27.1 Å². The van der Waals surface area contributed by atoms with Gasteiger partial charge in [-0.05, 0) is 246 Å². The van der Waals surface area contributed by atoms with Crippen molar-refractivity contribution in [3.8, 4) is 0 Å². The Morgan fingerprint density at radius 1 is 0.491 bits per heavy atom. The molecule has 57 heavy (non-hydrogen) atoms. The highest BCUT2D eigenvalue weighted by molar-refractivity contribution is 5.30. The predicted octanol–water partition coefficient (Wildman–Crippen LogP) is 15.6. The van der Waals surface area contributed by atoms with Gasteiger partial charge in [0.25, 0.3) is 0 Å². The van der Waals surface area contributed by atoms with Crippen molar-refractivity contribution < 1.29 is 0 Å². The molecule has 0 saturated heterocycles. The Morgan fingerprint density at radius 3 is 1.79 bits per heavy atom. The van der Waals surface area contributed by atoms with Crippen LogP contribution >= 0.6 is 0 Å². The first-order chi connectivity index (χ1) is 26.7. The summed E-state index contributed by atoms with van der Waals surface area (Å²) in [7, 11) is 0. The topological polar surface area (TPSA) is 0 Å². The number of hydrogen-bond donors (Lipinski definition) is 0. The van der Waals surface area contributed by atoms with Crippen molar-refractivity contribution in [2.45, 2.75) is 187 Å². The van der Waals surface area contributed by atoms with Crippen LogP contribution < -0.4 is 0 Å². The molecule has 11 fully saturated rings. The Labute approximate surface area is 354 Å². The molecule has 0 aromatic rings. The first-order valence-corrected chi connectivity index (χ1v) is 26.7. The van der Waals surface area contributed by atoms with E-state index in [-0.39, 0.29) is 0 Å². The van der Waals surface area contributed by atoms with Crippen molar-refractivity contribution in [2.24, 2.45) is 169 Å². The molecule has 11 saturated carbocycles. The van der Waals surface area contributed by atoms with Gasteiger partial charge in [0.15, 0.2) is 0 Å². The minimum atomic E-state index is 0.375. The molecule has 0 aromatic heterocycles. The lowest BCUT2D eigenvalue weighted by Crippen LogP contribution is -2.75. The highest BCUT2D eigenvalue weighted by Crippen LogP contribution is 2.88. The van der Waals surface area contributed by atoms with Crippen molar-refractivity contribution >= 4 is 0 Å². The van der Waals surface area contributed by atoms with Crippen molar-refractivity contribution in [1.82, 2.24) is 0 Å². The van der Waals surface area contributed by atoms with E-state index in [9.17, 15) is 0 Å². The lowest BCUT2D eigenvalue weighted by Gasteiger charge is -2.80. The summed E-state index contributed by atoms with van der Waals surface area (Å²) in [6.45, 7) is 38.8. The maximum Gasteiger partial charge on any atom is -0.0165 e. The Morgan fingerprint density at radius 2 is 1.14 bits per heavy atom. The molecule has 0 nitrogen and oxygen atoms in total. The summed E-state index contributed by atoms with van der Waals surface area (Å²) in [6.07, 6.45) is 22.1. The first kappa shape index (κ1) is 39.8. The molecule has 0 heterocycles. The van der Waals surface area contributed by atoms with Crippen LogP contribution in [0.15, 0.2) is 0 Å². The predicted molar refractivity (Wildman–Crippen MR) is 240 cm³/mol. The van der Waals surface area contributed by atoms with Crippen LogP contribution in [-0.4, -0.2) is 0 Å². The lowest BCUT2D eigenvalue weighted by molar-refractivity contribution is -0.325. The Balaban J connectivity index is 1.13. The number of hydrogen-bond acceptors (Lipinski definition) is 0. The van der Waals surface area contributed by atoms with Gasteiger partial charge < -0.3 is 0 Å². The van der Waals surface area contributed by atoms with Crippen LogP contribution in [0.2, 0.25) is 0 Å². The molecular formula is C57H94. The fourth-order valence-electron chi connectivity index (χ4n) is 23.8. The van der Waals surface area contributed by atoms with Gasteiger partial charge in [0.1, 0.15) is 0 Å². The van der Waals surface area contributed by atoms with E-state index in [1.807, 2.05) is 0 Å². The van der Waals surface area contributed by atoms with Gasteiger partial charge in [0.05, 0.1) is 0 Å². The molecule has 26 atom stereocenters. The van der Waals surface area contributed by atoms with Crippen molar-refractivity contribution in [1.29, 1.82) is 0 Å². The third kappa shape index (κ3) is 5.04. The second kappa shape index (κ2) is 12.6. The van der Waals surface area contributed by atoms with Crippen LogP contribution in [0.5, 0.6) is 0 Å². The minimum Gasteiger partial charge on any atom is -0.0625 e. The Bertz CT molecular complexity index is 1570. The molecule has 0 N–H and O–H groups in total. The van der Waals surface area contributed by atoms with Crippen molar-refractivity contribution in [3.05, 3.63) is 0 Å². The summed E-state index contributed by atoms with van der Waals surface area (Å²) in [5.41, 5.74) is 2.45. The molecule has 322 valence electrons. The summed E-state index contributed by atoms with van der Waals surface area (Å²) < 4.78 is 0. The second-order valence-corrected chi connectivity index (χ2v) is 29.4. The van der Waals surface area contributed by atoms with Crippen LogP contribution in [0, 0.1) is 169 Å². The molecule has 11 rings (SSSR count). The van der Waals surface area contributed by atoms with Crippen LogP contribution in [0.1, 0.15) is 187 Å².